The van der Waals surface area contributed by atoms with Crippen molar-refractivity contribution in [3.63, 3.8) is 0 Å². The Hall–Kier alpha value is -3.11. The number of carbonyl (C=O) groups is 3. The Balaban J connectivity index is 0.000000367. The van der Waals surface area contributed by atoms with E-state index < -0.39 is 24.3 Å². The van der Waals surface area contributed by atoms with E-state index >= 15 is 0 Å². The number of carboxylic acid groups (broad SMARTS) is 2. The third-order valence-corrected chi connectivity index (χ3v) is 7.66. The van der Waals surface area contributed by atoms with Gasteiger partial charge in [-0.05, 0) is 51.4 Å². The van der Waals surface area contributed by atoms with Crippen LogP contribution in [0.2, 0.25) is 0 Å². The second kappa shape index (κ2) is 14.9. The van der Waals surface area contributed by atoms with Crippen LogP contribution >= 0.6 is 11.3 Å². The van der Waals surface area contributed by atoms with Crippen molar-refractivity contribution in [3.05, 3.63) is 46.0 Å². The number of carbonyl (C=O) groups excluding carboxylic acids is 1. The summed E-state index contributed by atoms with van der Waals surface area (Å²) in [6.45, 7) is 10.1. The Morgan fingerprint density at radius 2 is 1.62 bits per heavy atom. The first-order valence-electron chi connectivity index (χ1n) is 12.8. The van der Waals surface area contributed by atoms with Crippen LogP contribution < -0.4 is 0 Å². The average Bonchev–Trinajstić information content (AvgIpc) is 3.58. The highest BCUT2D eigenvalue weighted by molar-refractivity contribution is 7.11. The molecule has 2 N–H and O–H groups in total. The number of hydrogen-bond donors (Lipinski definition) is 2. The van der Waals surface area contributed by atoms with E-state index in [0.29, 0.717) is 12.5 Å². The van der Waals surface area contributed by atoms with Gasteiger partial charge in [-0.2, -0.15) is 26.3 Å². The van der Waals surface area contributed by atoms with Gasteiger partial charge in [0, 0.05) is 54.0 Å². The van der Waals surface area contributed by atoms with Gasteiger partial charge >= 0.3 is 30.3 Å². The first kappa shape index (κ1) is 35.1. The Kier molecular flexibility index (Phi) is 12.4. The number of nitrogens with zero attached hydrogens (tertiary/aromatic N) is 2. The van der Waals surface area contributed by atoms with Crippen molar-refractivity contribution in [1.29, 1.82) is 0 Å². The van der Waals surface area contributed by atoms with E-state index in [2.05, 4.69) is 28.9 Å². The maximum absolute atomic E-state index is 13.1. The van der Waals surface area contributed by atoms with Crippen LogP contribution in [0, 0.1) is 18.3 Å². The fraction of sp³-hybridized carbons (Fsp3) is 0.577. The fourth-order valence-corrected chi connectivity index (χ4v) is 5.85. The Labute approximate surface area is 241 Å². The summed E-state index contributed by atoms with van der Waals surface area (Å²) in [5.41, 5.74) is 0.793. The summed E-state index contributed by atoms with van der Waals surface area (Å²) < 4.78 is 74.3. The molecule has 4 heterocycles. The lowest BCUT2D eigenvalue weighted by atomic mass is 9.75. The molecule has 0 bridgehead atoms. The summed E-state index contributed by atoms with van der Waals surface area (Å²) in [5, 5.41) is 14.2. The predicted octanol–water partition coefficient (Wildman–Crippen LogP) is 5.19. The number of carboxylic acids is 2. The van der Waals surface area contributed by atoms with Crippen LogP contribution in [-0.4, -0.2) is 83.1 Å². The van der Waals surface area contributed by atoms with E-state index in [9.17, 15) is 31.1 Å². The van der Waals surface area contributed by atoms with E-state index in [4.69, 9.17) is 29.0 Å². The van der Waals surface area contributed by atoms with E-state index in [1.807, 2.05) is 24.3 Å². The van der Waals surface area contributed by atoms with E-state index in [0.717, 1.165) is 52.1 Å². The number of furan rings is 1. The Morgan fingerprint density at radius 3 is 2.10 bits per heavy atom. The largest absolute Gasteiger partial charge is 0.490 e. The second-order valence-electron chi connectivity index (χ2n) is 9.83. The molecule has 2 fully saturated rings. The number of aliphatic carboxylic acids is 2. The first-order valence-corrected chi connectivity index (χ1v) is 13.6. The highest BCUT2D eigenvalue weighted by atomic mass is 32.1. The molecule has 0 saturated carbocycles. The third-order valence-electron chi connectivity index (χ3n) is 6.67. The SMILES string of the molecule is CCOC(=O)[C@]12CCCN(Cc3ccc(C)s3)C[C@H]1CN(Cc1ccoc1)C2.O=C(O)C(F)(F)F.O=C(O)C(F)(F)F. The number of likely N-dealkylation sites (tertiary alicyclic amines) is 2. The van der Waals surface area contributed by atoms with Crippen LogP contribution in [-0.2, 0) is 32.2 Å². The van der Waals surface area contributed by atoms with E-state index in [1.165, 1.54) is 15.3 Å². The highest BCUT2D eigenvalue weighted by Crippen LogP contribution is 2.44. The predicted molar refractivity (Wildman–Crippen MR) is 137 cm³/mol. The standard InChI is InChI=1S/C22H30N2O3S.2C2HF3O2/c1-3-27-21(25)22-8-4-9-23(14-20-6-5-17(2)28-20)12-19(22)13-24(16-22)11-18-7-10-26-15-18;2*3-2(4,5)1(6)7/h5-7,10,15,19H,3-4,8-9,11-14,16H2,1-2H3;2*(H,6,7)/t19-,22-;;/m0../s1. The monoisotopic (exact) mass is 630 g/mol. The summed E-state index contributed by atoms with van der Waals surface area (Å²) in [6, 6.07) is 6.45. The van der Waals surface area contributed by atoms with Crippen molar-refractivity contribution in [2.24, 2.45) is 11.3 Å². The quantitative estimate of drug-likeness (QED) is 0.328. The molecule has 2 aromatic rings. The van der Waals surface area contributed by atoms with Crippen molar-refractivity contribution in [3.8, 4) is 0 Å². The van der Waals surface area contributed by atoms with Gasteiger partial charge in [0.1, 0.15) is 0 Å². The summed E-state index contributed by atoms with van der Waals surface area (Å²) >= 11 is 1.88. The van der Waals surface area contributed by atoms with Gasteiger partial charge in [0.2, 0.25) is 0 Å². The van der Waals surface area contributed by atoms with Crippen LogP contribution in [0.3, 0.4) is 0 Å². The zero-order chi connectivity index (χ0) is 31.7. The van der Waals surface area contributed by atoms with Gasteiger partial charge in [-0.3, -0.25) is 14.6 Å². The molecule has 42 heavy (non-hydrogen) atoms. The summed E-state index contributed by atoms with van der Waals surface area (Å²) in [6.07, 6.45) is -4.69. The molecule has 2 atom stereocenters. The molecule has 2 aliphatic rings. The number of fused-ring (bicyclic) bond motifs is 1. The molecule has 16 heteroatoms. The van der Waals surface area contributed by atoms with Gasteiger partial charge in [-0.1, -0.05) is 0 Å². The average molecular weight is 631 g/mol. The van der Waals surface area contributed by atoms with Crippen LogP contribution in [0.25, 0.3) is 0 Å². The van der Waals surface area contributed by atoms with Crippen LogP contribution in [0.5, 0.6) is 0 Å². The fourth-order valence-electron chi connectivity index (χ4n) is 4.92. The lowest BCUT2D eigenvalue weighted by molar-refractivity contribution is -0.193. The third kappa shape index (κ3) is 10.3. The smallest absolute Gasteiger partial charge is 0.475 e. The molecule has 2 saturated heterocycles. The molecule has 0 spiro atoms. The summed E-state index contributed by atoms with van der Waals surface area (Å²) in [4.78, 5) is 38.6. The minimum absolute atomic E-state index is 0.00325. The Morgan fingerprint density at radius 1 is 1.02 bits per heavy atom. The van der Waals surface area contributed by atoms with Crippen molar-refractivity contribution in [1.82, 2.24) is 9.80 Å². The molecule has 4 rings (SSSR count). The highest BCUT2D eigenvalue weighted by Gasteiger charge is 2.54. The molecule has 0 aromatic carbocycles. The first-order chi connectivity index (χ1) is 19.5. The molecule has 2 aromatic heterocycles. The van der Waals surface area contributed by atoms with Crippen molar-refractivity contribution < 1.29 is 60.1 Å². The van der Waals surface area contributed by atoms with Gasteiger partial charge < -0.3 is 19.4 Å². The van der Waals surface area contributed by atoms with E-state index in [1.54, 1.807) is 12.5 Å². The van der Waals surface area contributed by atoms with Gasteiger partial charge in [-0.25, -0.2) is 9.59 Å². The molecule has 9 nitrogen and oxygen atoms in total. The molecule has 2 aliphatic heterocycles. The number of rotatable bonds is 6. The number of thiophene rings is 1. The van der Waals surface area contributed by atoms with Crippen molar-refractivity contribution in [2.45, 2.75) is 52.1 Å². The molecule has 0 aliphatic carbocycles. The number of halogens is 6. The number of alkyl halides is 6. The minimum Gasteiger partial charge on any atom is -0.475 e. The molecule has 0 radical (unpaired) electrons. The van der Waals surface area contributed by atoms with Gasteiger partial charge in [0.25, 0.3) is 0 Å². The van der Waals surface area contributed by atoms with Gasteiger partial charge in [0.15, 0.2) is 0 Å². The zero-order valence-electron chi connectivity index (χ0n) is 22.8. The van der Waals surface area contributed by atoms with Gasteiger partial charge in [-0.15, -0.1) is 11.3 Å². The minimum atomic E-state index is -5.08. The van der Waals surface area contributed by atoms with E-state index in [-0.39, 0.29) is 11.4 Å². The molecule has 0 amide bonds. The molecule has 0 unspecified atom stereocenters. The second-order valence-corrected chi connectivity index (χ2v) is 11.2. The normalized spacial score (nSPS) is 21.2. The van der Waals surface area contributed by atoms with Crippen LogP contribution in [0.4, 0.5) is 26.3 Å². The zero-order valence-corrected chi connectivity index (χ0v) is 23.7. The number of esters is 1. The lowest BCUT2D eigenvalue weighted by Crippen LogP contribution is -2.42. The molecule has 236 valence electrons. The summed E-state index contributed by atoms with van der Waals surface area (Å²) in [7, 11) is 0. The topological polar surface area (TPSA) is 121 Å². The number of aryl methyl sites for hydroxylation is 1. The van der Waals surface area contributed by atoms with Crippen molar-refractivity contribution in [2.75, 3.05) is 32.8 Å². The number of ether oxygens (including phenoxy) is 1. The number of hydrogen-bond acceptors (Lipinski definition) is 8. The maximum atomic E-state index is 13.1. The van der Waals surface area contributed by atoms with Crippen LogP contribution in [0.15, 0.2) is 35.1 Å². The molecular weight excluding hydrogens is 598 g/mol. The van der Waals surface area contributed by atoms with Gasteiger partial charge in [0.05, 0.1) is 24.5 Å². The Bertz CT molecular complexity index is 1140. The van der Waals surface area contributed by atoms with Crippen LogP contribution in [0.1, 0.15) is 35.1 Å². The maximum Gasteiger partial charge on any atom is 0.490 e. The van der Waals surface area contributed by atoms with Crippen molar-refractivity contribution >= 4 is 29.2 Å². The summed E-state index contributed by atoms with van der Waals surface area (Å²) in [5.74, 6) is -5.20. The lowest BCUT2D eigenvalue weighted by Gasteiger charge is -2.31. The molecular formula is C26H32F6N2O7S.